The fourth-order valence-corrected chi connectivity index (χ4v) is 2.74. The third-order valence-corrected chi connectivity index (χ3v) is 3.73. The van der Waals surface area contributed by atoms with Gasteiger partial charge in [0.2, 0.25) is 0 Å². The standard InChI is InChI=1S/C12H18O/c1-12(2)10-7-5-3-4-6-9(10)8-11(12)13/h8,10H,3-7H2,1-2H3. The van der Waals surface area contributed by atoms with Crippen LogP contribution >= 0.6 is 0 Å². The summed E-state index contributed by atoms with van der Waals surface area (Å²) < 4.78 is 0. The fraction of sp³-hybridized carbons (Fsp3) is 0.750. The van der Waals surface area contributed by atoms with E-state index in [2.05, 4.69) is 13.8 Å². The van der Waals surface area contributed by atoms with Crippen LogP contribution in [0.5, 0.6) is 0 Å². The van der Waals surface area contributed by atoms with Crippen molar-refractivity contribution in [3.8, 4) is 0 Å². The van der Waals surface area contributed by atoms with Gasteiger partial charge < -0.3 is 0 Å². The van der Waals surface area contributed by atoms with Crippen molar-refractivity contribution in [2.45, 2.75) is 46.0 Å². The molecule has 0 aromatic rings. The SMILES string of the molecule is CC1(C)C(=O)C=C2CCCCCC21. The molecule has 1 heteroatoms. The highest BCUT2D eigenvalue weighted by molar-refractivity contribution is 5.98. The summed E-state index contributed by atoms with van der Waals surface area (Å²) in [6.45, 7) is 4.21. The van der Waals surface area contributed by atoms with Crippen LogP contribution in [0.3, 0.4) is 0 Å². The highest BCUT2D eigenvalue weighted by Gasteiger charge is 2.42. The second-order valence-electron chi connectivity index (χ2n) is 4.96. The van der Waals surface area contributed by atoms with Gasteiger partial charge in [-0.05, 0) is 31.3 Å². The zero-order chi connectivity index (χ0) is 9.47. The van der Waals surface area contributed by atoms with E-state index in [0.29, 0.717) is 11.7 Å². The first-order valence-electron chi connectivity index (χ1n) is 5.37. The Bertz CT molecular complexity index is 260. The van der Waals surface area contributed by atoms with Gasteiger partial charge in [-0.2, -0.15) is 0 Å². The summed E-state index contributed by atoms with van der Waals surface area (Å²) in [5, 5.41) is 0. The molecule has 2 aliphatic rings. The van der Waals surface area contributed by atoms with Crippen molar-refractivity contribution in [2.75, 3.05) is 0 Å². The van der Waals surface area contributed by atoms with Crippen LogP contribution in [0.15, 0.2) is 11.6 Å². The molecule has 1 unspecified atom stereocenters. The molecule has 1 nitrogen and oxygen atoms in total. The predicted molar refractivity (Wildman–Crippen MR) is 53.4 cm³/mol. The molecule has 0 aromatic carbocycles. The molecule has 0 saturated heterocycles. The van der Waals surface area contributed by atoms with Crippen LogP contribution in [0, 0.1) is 11.3 Å². The monoisotopic (exact) mass is 178 g/mol. The Morgan fingerprint density at radius 3 is 2.85 bits per heavy atom. The van der Waals surface area contributed by atoms with Crippen LogP contribution in [0.2, 0.25) is 0 Å². The van der Waals surface area contributed by atoms with Crippen molar-refractivity contribution >= 4 is 5.78 Å². The average Bonchev–Trinajstić information content (AvgIpc) is 2.31. The van der Waals surface area contributed by atoms with Gasteiger partial charge >= 0.3 is 0 Å². The van der Waals surface area contributed by atoms with Gasteiger partial charge in [-0.25, -0.2) is 0 Å². The minimum Gasteiger partial charge on any atom is -0.294 e. The molecule has 1 saturated carbocycles. The summed E-state index contributed by atoms with van der Waals surface area (Å²) in [4.78, 5) is 11.7. The molecule has 0 N–H and O–H groups in total. The molecule has 0 bridgehead atoms. The van der Waals surface area contributed by atoms with Crippen molar-refractivity contribution in [1.82, 2.24) is 0 Å². The lowest BCUT2D eigenvalue weighted by atomic mass is 9.76. The Hall–Kier alpha value is -0.590. The maximum atomic E-state index is 11.7. The number of carbonyl (C=O) groups is 1. The quantitative estimate of drug-likeness (QED) is 0.557. The molecule has 1 atom stereocenters. The molecule has 1 fully saturated rings. The van der Waals surface area contributed by atoms with Gasteiger partial charge in [-0.1, -0.05) is 32.3 Å². The zero-order valence-electron chi connectivity index (χ0n) is 8.60. The number of allylic oxidation sites excluding steroid dienone is 2. The summed E-state index contributed by atoms with van der Waals surface area (Å²) in [5.41, 5.74) is 1.34. The van der Waals surface area contributed by atoms with Crippen LogP contribution in [-0.4, -0.2) is 5.78 Å². The van der Waals surface area contributed by atoms with Gasteiger partial charge in [-0.15, -0.1) is 0 Å². The number of carbonyl (C=O) groups excluding carboxylic acids is 1. The lowest BCUT2D eigenvalue weighted by molar-refractivity contribution is -0.122. The van der Waals surface area contributed by atoms with Crippen molar-refractivity contribution in [1.29, 1.82) is 0 Å². The lowest BCUT2D eigenvalue weighted by Crippen LogP contribution is -2.26. The minimum absolute atomic E-state index is 0.0975. The van der Waals surface area contributed by atoms with Crippen LogP contribution in [-0.2, 0) is 4.79 Å². The van der Waals surface area contributed by atoms with E-state index in [4.69, 9.17) is 0 Å². The second kappa shape index (κ2) is 2.97. The maximum Gasteiger partial charge on any atom is 0.161 e. The minimum atomic E-state index is -0.0975. The molecule has 0 heterocycles. The lowest BCUT2D eigenvalue weighted by Gasteiger charge is -2.26. The van der Waals surface area contributed by atoms with Crippen LogP contribution in [0.4, 0.5) is 0 Å². The van der Waals surface area contributed by atoms with E-state index in [1.165, 1.54) is 37.7 Å². The molecule has 2 aliphatic carbocycles. The predicted octanol–water partition coefficient (Wildman–Crippen LogP) is 3.10. The molecular formula is C12H18O. The van der Waals surface area contributed by atoms with Gasteiger partial charge in [0.1, 0.15) is 0 Å². The molecule has 2 rings (SSSR count). The Morgan fingerprint density at radius 2 is 2.08 bits per heavy atom. The number of fused-ring (bicyclic) bond motifs is 1. The Kier molecular flexibility index (Phi) is 2.05. The maximum absolute atomic E-state index is 11.7. The van der Waals surface area contributed by atoms with E-state index in [0.717, 1.165) is 0 Å². The van der Waals surface area contributed by atoms with Gasteiger partial charge in [0, 0.05) is 5.41 Å². The first kappa shape index (κ1) is 8.98. The molecule has 0 aromatic heterocycles. The van der Waals surface area contributed by atoms with E-state index in [9.17, 15) is 4.79 Å². The van der Waals surface area contributed by atoms with Gasteiger partial charge in [0.15, 0.2) is 5.78 Å². The number of ketones is 1. The Balaban J connectivity index is 2.28. The molecule has 0 spiro atoms. The normalized spacial score (nSPS) is 32.3. The van der Waals surface area contributed by atoms with Crippen molar-refractivity contribution in [3.63, 3.8) is 0 Å². The summed E-state index contributed by atoms with van der Waals surface area (Å²) in [5.74, 6) is 0.914. The van der Waals surface area contributed by atoms with E-state index >= 15 is 0 Å². The Labute approximate surface area is 80.2 Å². The molecule has 0 aliphatic heterocycles. The Morgan fingerprint density at radius 1 is 1.31 bits per heavy atom. The van der Waals surface area contributed by atoms with Crippen LogP contribution < -0.4 is 0 Å². The molecule has 0 radical (unpaired) electrons. The highest BCUT2D eigenvalue weighted by atomic mass is 16.1. The third kappa shape index (κ3) is 1.34. The fourth-order valence-electron chi connectivity index (χ4n) is 2.74. The number of hydrogen-bond donors (Lipinski definition) is 0. The van der Waals surface area contributed by atoms with Crippen molar-refractivity contribution < 1.29 is 4.79 Å². The van der Waals surface area contributed by atoms with E-state index < -0.39 is 0 Å². The van der Waals surface area contributed by atoms with Gasteiger partial charge in [0.05, 0.1) is 0 Å². The van der Waals surface area contributed by atoms with E-state index in [-0.39, 0.29) is 5.41 Å². The van der Waals surface area contributed by atoms with E-state index in [1.807, 2.05) is 6.08 Å². The summed E-state index contributed by atoms with van der Waals surface area (Å²) >= 11 is 0. The van der Waals surface area contributed by atoms with Crippen molar-refractivity contribution in [3.05, 3.63) is 11.6 Å². The number of rotatable bonds is 0. The summed E-state index contributed by atoms with van der Waals surface area (Å²) in [6, 6.07) is 0. The second-order valence-corrected chi connectivity index (χ2v) is 4.96. The third-order valence-electron chi connectivity index (χ3n) is 3.73. The molecule has 0 amide bonds. The summed E-state index contributed by atoms with van der Waals surface area (Å²) in [7, 11) is 0. The van der Waals surface area contributed by atoms with E-state index in [1.54, 1.807) is 0 Å². The molecular weight excluding hydrogens is 160 g/mol. The average molecular weight is 178 g/mol. The smallest absolute Gasteiger partial charge is 0.161 e. The summed E-state index contributed by atoms with van der Waals surface area (Å²) in [6.07, 6.45) is 8.25. The van der Waals surface area contributed by atoms with Gasteiger partial charge in [0.25, 0.3) is 0 Å². The van der Waals surface area contributed by atoms with Crippen molar-refractivity contribution in [2.24, 2.45) is 11.3 Å². The van der Waals surface area contributed by atoms with Crippen LogP contribution in [0.1, 0.15) is 46.0 Å². The van der Waals surface area contributed by atoms with Crippen LogP contribution in [0.25, 0.3) is 0 Å². The first-order chi connectivity index (χ1) is 6.12. The number of hydrogen-bond acceptors (Lipinski definition) is 1. The largest absolute Gasteiger partial charge is 0.294 e. The topological polar surface area (TPSA) is 17.1 Å². The molecule has 13 heavy (non-hydrogen) atoms. The highest BCUT2D eigenvalue weighted by Crippen LogP contribution is 2.46. The first-order valence-corrected chi connectivity index (χ1v) is 5.37. The van der Waals surface area contributed by atoms with Gasteiger partial charge in [-0.3, -0.25) is 4.79 Å². The zero-order valence-corrected chi connectivity index (χ0v) is 8.60. The molecule has 72 valence electrons.